The summed E-state index contributed by atoms with van der Waals surface area (Å²) in [5.74, 6) is -2.71. The lowest BCUT2D eigenvalue weighted by Crippen LogP contribution is -2.57. The van der Waals surface area contributed by atoms with E-state index >= 15 is 0 Å². The largest absolute Gasteiger partial charge is 0.480 e. The highest BCUT2D eigenvalue weighted by Gasteiger charge is 2.31. The molecule has 4 atom stereocenters. The van der Waals surface area contributed by atoms with Gasteiger partial charge in [0.1, 0.15) is 6.04 Å². The van der Waals surface area contributed by atoms with Crippen molar-refractivity contribution in [1.82, 2.24) is 10.6 Å². The molecule has 20 heavy (non-hydrogen) atoms. The standard InChI is InChI=1S/C12H23N3O5/c1-4-6(2)9(14-8(17)5-13)11(18)15-10(7(3)16)12(19)20/h6-7,9-10,16H,4-5,13H2,1-3H3,(H,14,17)(H,15,18)(H,19,20). The van der Waals surface area contributed by atoms with Gasteiger partial charge in [0.15, 0.2) is 6.04 Å². The van der Waals surface area contributed by atoms with E-state index in [4.69, 9.17) is 10.8 Å². The molecule has 0 aliphatic heterocycles. The minimum atomic E-state index is -1.43. The van der Waals surface area contributed by atoms with Crippen LogP contribution in [-0.4, -0.2) is 52.7 Å². The van der Waals surface area contributed by atoms with E-state index in [0.29, 0.717) is 6.42 Å². The summed E-state index contributed by atoms with van der Waals surface area (Å²) < 4.78 is 0. The van der Waals surface area contributed by atoms with Crippen LogP contribution in [0.2, 0.25) is 0 Å². The maximum absolute atomic E-state index is 12.1. The maximum atomic E-state index is 12.1. The average molecular weight is 289 g/mol. The van der Waals surface area contributed by atoms with Gasteiger partial charge in [0.2, 0.25) is 11.8 Å². The van der Waals surface area contributed by atoms with Crippen LogP contribution < -0.4 is 16.4 Å². The fraction of sp³-hybridized carbons (Fsp3) is 0.750. The third-order valence-corrected chi connectivity index (χ3v) is 3.04. The fourth-order valence-electron chi connectivity index (χ4n) is 1.57. The number of aliphatic hydroxyl groups excluding tert-OH is 1. The molecule has 6 N–H and O–H groups in total. The van der Waals surface area contributed by atoms with Gasteiger partial charge in [0, 0.05) is 0 Å². The van der Waals surface area contributed by atoms with E-state index in [-0.39, 0.29) is 12.5 Å². The molecule has 0 aromatic heterocycles. The molecule has 2 amide bonds. The van der Waals surface area contributed by atoms with Gasteiger partial charge in [-0.1, -0.05) is 20.3 Å². The van der Waals surface area contributed by atoms with Crippen LogP contribution in [0.15, 0.2) is 0 Å². The van der Waals surface area contributed by atoms with Crippen molar-refractivity contribution in [2.24, 2.45) is 11.7 Å². The molecule has 0 radical (unpaired) electrons. The van der Waals surface area contributed by atoms with Crippen molar-refractivity contribution in [2.45, 2.75) is 45.4 Å². The second kappa shape index (κ2) is 8.49. The van der Waals surface area contributed by atoms with E-state index in [9.17, 15) is 19.5 Å². The number of aliphatic hydroxyl groups is 1. The van der Waals surface area contributed by atoms with Crippen LogP contribution in [0, 0.1) is 5.92 Å². The molecule has 8 heteroatoms. The first-order valence-corrected chi connectivity index (χ1v) is 6.45. The van der Waals surface area contributed by atoms with Gasteiger partial charge in [-0.15, -0.1) is 0 Å². The predicted molar refractivity (Wildman–Crippen MR) is 71.7 cm³/mol. The number of hydrogen-bond acceptors (Lipinski definition) is 5. The van der Waals surface area contributed by atoms with Gasteiger partial charge in [-0.25, -0.2) is 4.79 Å². The van der Waals surface area contributed by atoms with Crippen LogP contribution in [0.1, 0.15) is 27.2 Å². The Morgan fingerprint density at radius 3 is 2.05 bits per heavy atom. The van der Waals surface area contributed by atoms with Crippen LogP contribution in [0.25, 0.3) is 0 Å². The van der Waals surface area contributed by atoms with Crippen LogP contribution in [0.3, 0.4) is 0 Å². The molecule has 0 rings (SSSR count). The lowest BCUT2D eigenvalue weighted by Gasteiger charge is -2.26. The molecule has 0 aromatic rings. The average Bonchev–Trinajstić information content (AvgIpc) is 2.39. The third-order valence-electron chi connectivity index (χ3n) is 3.04. The summed E-state index contributed by atoms with van der Waals surface area (Å²) in [4.78, 5) is 34.3. The SMILES string of the molecule is CCC(C)C(NC(=O)CN)C(=O)NC(C(=O)O)C(C)O. The van der Waals surface area contributed by atoms with Crippen molar-refractivity contribution in [3.63, 3.8) is 0 Å². The molecule has 0 heterocycles. The van der Waals surface area contributed by atoms with Crippen molar-refractivity contribution in [3.05, 3.63) is 0 Å². The zero-order chi connectivity index (χ0) is 15.9. The number of carboxylic acid groups (broad SMARTS) is 1. The second-order valence-corrected chi connectivity index (χ2v) is 4.70. The zero-order valence-electron chi connectivity index (χ0n) is 11.9. The normalized spacial score (nSPS) is 16.6. The maximum Gasteiger partial charge on any atom is 0.328 e. The summed E-state index contributed by atoms with van der Waals surface area (Å²) in [6.07, 6.45) is -0.644. The molecule has 116 valence electrons. The zero-order valence-corrected chi connectivity index (χ0v) is 11.9. The van der Waals surface area contributed by atoms with Crippen molar-refractivity contribution >= 4 is 17.8 Å². The monoisotopic (exact) mass is 289 g/mol. The minimum absolute atomic E-state index is 0.200. The van der Waals surface area contributed by atoms with Gasteiger partial charge >= 0.3 is 5.97 Å². The number of rotatable bonds is 8. The van der Waals surface area contributed by atoms with E-state index in [1.165, 1.54) is 6.92 Å². The van der Waals surface area contributed by atoms with Gasteiger partial charge in [-0.05, 0) is 12.8 Å². The summed E-state index contributed by atoms with van der Waals surface area (Å²) >= 11 is 0. The molecule has 8 nitrogen and oxygen atoms in total. The number of nitrogens with one attached hydrogen (secondary N) is 2. The molecule has 0 bridgehead atoms. The van der Waals surface area contributed by atoms with Gasteiger partial charge < -0.3 is 26.6 Å². The van der Waals surface area contributed by atoms with E-state index in [1.807, 2.05) is 6.92 Å². The summed E-state index contributed by atoms with van der Waals surface area (Å²) in [5.41, 5.74) is 5.18. The quantitative estimate of drug-likeness (QED) is 0.365. The topological polar surface area (TPSA) is 142 Å². The predicted octanol–water partition coefficient (Wildman–Crippen LogP) is -1.57. The Balaban J connectivity index is 4.94. The van der Waals surface area contributed by atoms with E-state index in [2.05, 4.69) is 10.6 Å². The lowest BCUT2D eigenvalue weighted by molar-refractivity contribution is -0.145. The molecule has 0 saturated heterocycles. The molecular weight excluding hydrogens is 266 g/mol. The molecule has 4 unspecified atom stereocenters. The molecule has 0 aromatic carbocycles. The summed E-state index contributed by atoms with van der Waals surface area (Å²) in [7, 11) is 0. The Hall–Kier alpha value is -1.67. The van der Waals surface area contributed by atoms with Gasteiger partial charge in [0.05, 0.1) is 12.6 Å². The Kier molecular flexibility index (Phi) is 7.78. The first-order chi connectivity index (χ1) is 9.24. The van der Waals surface area contributed by atoms with Crippen LogP contribution >= 0.6 is 0 Å². The molecule has 0 saturated carbocycles. The highest BCUT2D eigenvalue weighted by atomic mass is 16.4. The number of amides is 2. The number of carboxylic acids is 1. The minimum Gasteiger partial charge on any atom is -0.480 e. The first kappa shape index (κ1) is 18.3. The van der Waals surface area contributed by atoms with E-state index < -0.39 is 36.0 Å². The molecule has 0 spiro atoms. The Morgan fingerprint density at radius 2 is 1.70 bits per heavy atom. The number of hydrogen-bond donors (Lipinski definition) is 5. The Bertz CT molecular complexity index is 359. The van der Waals surface area contributed by atoms with E-state index in [1.54, 1.807) is 6.92 Å². The fourth-order valence-corrected chi connectivity index (χ4v) is 1.57. The van der Waals surface area contributed by atoms with Crippen molar-refractivity contribution in [1.29, 1.82) is 0 Å². The highest BCUT2D eigenvalue weighted by molar-refractivity contribution is 5.91. The summed E-state index contributed by atoms with van der Waals surface area (Å²) in [6.45, 7) is 4.58. The van der Waals surface area contributed by atoms with Crippen molar-refractivity contribution in [3.8, 4) is 0 Å². The van der Waals surface area contributed by atoms with Gasteiger partial charge in [-0.2, -0.15) is 0 Å². The smallest absolute Gasteiger partial charge is 0.328 e. The van der Waals surface area contributed by atoms with Crippen molar-refractivity contribution in [2.75, 3.05) is 6.54 Å². The molecular formula is C12H23N3O5. The van der Waals surface area contributed by atoms with Gasteiger partial charge in [0.25, 0.3) is 0 Å². The Morgan fingerprint density at radius 1 is 1.15 bits per heavy atom. The van der Waals surface area contributed by atoms with E-state index in [0.717, 1.165) is 0 Å². The Labute approximate surface area is 117 Å². The lowest BCUT2D eigenvalue weighted by atomic mass is 9.97. The van der Waals surface area contributed by atoms with Crippen LogP contribution in [0.4, 0.5) is 0 Å². The van der Waals surface area contributed by atoms with Crippen molar-refractivity contribution < 1.29 is 24.6 Å². The number of nitrogens with two attached hydrogens (primary N) is 1. The third kappa shape index (κ3) is 5.54. The molecule has 0 aliphatic rings. The molecule has 0 fully saturated rings. The number of carbonyl (C=O) groups is 3. The van der Waals surface area contributed by atoms with Crippen LogP contribution in [-0.2, 0) is 14.4 Å². The van der Waals surface area contributed by atoms with Gasteiger partial charge in [-0.3, -0.25) is 9.59 Å². The highest BCUT2D eigenvalue weighted by Crippen LogP contribution is 2.08. The van der Waals surface area contributed by atoms with Crippen LogP contribution in [0.5, 0.6) is 0 Å². The molecule has 0 aliphatic carbocycles. The number of carbonyl (C=O) groups excluding carboxylic acids is 2. The summed E-state index contributed by atoms with van der Waals surface area (Å²) in [6, 6.07) is -2.32. The second-order valence-electron chi connectivity index (χ2n) is 4.70. The number of aliphatic carboxylic acids is 1. The first-order valence-electron chi connectivity index (χ1n) is 6.45. The summed E-state index contributed by atoms with van der Waals surface area (Å²) in [5, 5.41) is 22.9.